The van der Waals surface area contributed by atoms with E-state index in [4.69, 9.17) is 9.47 Å². The van der Waals surface area contributed by atoms with Gasteiger partial charge in [-0.1, -0.05) is 18.2 Å². The van der Waals surface area contributed by atoms with E-state index in [2.05, 4.69) is 5.10 Å². The van der Waals surface area contributed by atoms with Crippen LogP contribution < -0.4 is 9.47 Å². The molecule has 25 heavy (non-hydrogen) atoms. The van der Waals surface area contributed by atoms with Gasteiger partial charge in [0.2, 0.25) is 5.91 Å². The topological polar surface area (TPSA) is 51.1 Å². The molecule has 1 heterocycles. The van der Waals surface area contributed by atoms with E-state index >= 15 is 0 Å². The molecule has 0 aliphatic carbocycles. The highest BCUT2D eigenvalue weighted by Crippen LogP contribution is 2.36. The molecule has 1 atom stereocenters. The van der Waals surface area contributed by atoms with Gasteiger partial charge in [-0.05, 0) is 24.3 Å². The normalized spacial score (nSPS) is 16.6. The molecule has 0 N–H and O–H groups in total. The van der Waals surface area contributed by atoms with Crippen molar-refractivity contribution >= 4 is 11.6 Å². The zero-order valence-electron chi connectivity index (χ0n) is 14.3. The van der Waals surface area contributed by atoms with E-state index in [1.807, 2.05) is 6.07 Å². The fraction of sp³-hybridized carbons (Fsp3) is 0.263. The van der Waals surface area contributed by atoms with Crippen LogP contribution in [0.25, 0.3) is 0 Å². The summed E-state index contributed by atoms with van der Waals surface area (Å²) in [5.74, 6) is 0.608. The highest BCUT2D eigenvalue weighted by atomic mass is 19.1. The Labute approximate surface area is 145 Å². The minimum Gasteiger partial charge on any atom is -0.493 e. The second-order valence-corrected chi connectivity index (χ2v) is 5.72. The minimum atomic E-state index is -0.457. The van der Waals surface area contributed by atoms with Crippen LogP contribution >= 0.6 is 0 Å². The van der Waals surface area contributed by atoms with Crippen LogP contribution in [0.5, 0.6) is 11.5 Å². The Morgan fingerprint density at radius 1 is 1.16 bits per heavy atom. The highest BCUT2D eigenvalue weighted by molar-refractivity contribution is 6.03. The molecule has 0 bridgehead atoms. The predicted octanol–water partition coefficient (Wildman–Crippen LogP) is 3.54. The number of benzene rings is 2. The first-order valence-electron chi connectivity index (χ1n) is 7.89. The van der Waals surface area contributed by atoms with Crippen molar-refractivity contribution in [2.45, 2.75) is 19.4 Å². The number of ether oxygens (including phenoxy) is 2. The van der Waals surface area contributed by atoms with Crippen LogP contribution in [0.15, 0.2) is 47.6 Å². The molecule has 1 aliphatic heterocycles. The smallest absolute Gasteiger partial charge is 0.240 e. The van der Waals surface area contributed by atoms with E-state index in [1.54, 1.807) is 44.6 Å². The highest BCUT2D eigenvalue weighted by Gasteiger charge is 2.33. The van der Waals surface area contributed by atoms with Crippen molar-refractivity contribution in [3.05, 3.63) is 59.4 Å². The van der Waals surface area contributed by atoms with Crippen molar-refractivity contribution in [1.82, 2.24) is 5.01 Å². The van der Waals surface area contributed by atoms with Crippen LogP contribution in [0.1, 0.15) is 30.5 Å². The van der Waals surface area contributed by atoms with Crippen LogP contribution in [-0.4, -0.2) is 30.8 Å². The quantitative estimate of drug-likeness (QED) is 0.854. The number of hydrazone groups is 1. The number of carbonyl (C=O) groups is 1. The summed E-state index contributed by atoms with van der Waals surface area (Å²) in [5.41, 5.74) is 1.96. The molecular weight excluding hydrogens is 323 g/mol. The third kappa shape index (κ3) is 3.20. The molecule has 5 nitrogen and oxygen atoms in total. The van der Waals surface area contributed by atoms with Crippen molar-refractivity contribution in [2.75, 3.05) is 14.2 Å². The molecule has 0 saturated heterocycles. The third-order valence-electron chi connectivity index (χ3n) is 4.21. The summed E-state index contributed by atoms with van der Waals surface area (Å²) < 4.78 is 24.8. The van der Waals surface area contributed by atoms with E-state index < -0.39 is 6.04 Å². The molecule has 2 aromatic carbocycles. The van der Waals surface area contributed by atoms with E-state index in [0.717, 1.165) is 5.56 Å². The molecule has 0 spiro atoms. The molecule has 0 fully saturated rings. The molecule has 0 saturated carbocycles. The Kier molecular flexibility index (Phi) is 4.70. The summed E-state index contributed by atoms with van der Waals surface area (Å²) in [6, 6.07) is 11.4. The maximum Gasteiger partial charge on any atom is 0.240 e. The van der Waals surface area contributed by atoms with E-state index in [9.17, 15) is 9.18 Å². The predicted molar refractivity (Wildman–Crippen MR) is 92.4 cm³/mol. The first kappa shape index (κ1) is 17.0. The maximum atomic E-state index is 14.2. The molecular formula is C19H19FN2O3. The number of amides is 1. The van der Waals surface area contributed by atoms with E-state index in [0.29, 0.717) is 29.2 Å². The van der Waals surface area contributed by atoms with Gasteiger partial charge < -0.3 is 9.47 Å². The molecule has 6 heteroatoms. The number of carbonyl (C=O) groups excluding carboxylic acids is 1. The SMILES string of the molecule is COc1ccc(C2=NN(C(C)=O)[C@H](c3ccccc3F)C2)cc1OC. The van der Waals surface area contributed by atoms with Crippen molar-refractivity contribution < 1.29 is 18.7 Å². The first-order valence-corrected chi connectivity index (χ1v) is 7.89. The maximum absolute atomic E-state index is 14.2. The van der Waals surface area contributed by atoms with Gasteiger partial charge in [-0.15, -0.1) is 0 Å². The summed E-state index contributed by atoms with van der Waals surface area (Å²) in [6.07, 6.45) is 0.427. The Bertz CT molecular complexity index is 835. The summed E-state index contributed by atoms with van der Waals surface area (Å²) in [6.45, 7) is 1.43. The third-order valence-corrected chi connectivity index (χ3v) is 4.21. The van der Waals surface area contributed by atoms with Gasteiger partial charge in [-0.3, -0.25) is 4.79 Å². The fourth-order valence-corrected chi connectivity index (χ4v) is 2.98. The number of hydrogen-bond donors (Lipinski definition) is 0. The summed E-state index contributed by atoms with van der Waals surface area (Å²) in [7, 11) is 3.12. The van der Waals surface area contributed by atoms with Gasteiger partial charge in [0.25, 0.3) is 0 Å². The standard InChI is InChI=1S/C19H19FN2O3/c1-12(23)22-17(14-6-4-5-7-15(14)20)11-16(21-22)13-8-9-18(24-2)19(10-13)25-3/h4-10,17H,11H2,1-3H3/t17-/m0/s1. The first-order chi connectivity index (χ1) is 12.0. The van der Waals surface area contributed by atoms with Gasteiger partial charge in [-0.2, -0.15) is 5.10 Å². The Morgan fingerprint density at radius 3 is 2.52 bits per heavy atom. The van der Waals surface area contributed by atoms with Gasteiger partial charge >= 0.3 is 0 Å². The molecule has 2 aromatic rings. The minimum absolute atomic E-state index is 0.233. The fourth-order valence-electron chi connectivity index (χ4n) is 2.98. The number of halogens is 1. The molecule has 1 amide bonds. The Balaban J connectivity index is 1.98. The van der Waals surface area contributed by atoms with Crippen LogP contribution in [0.4, 0.5) is 4.39 Å². The number of hydrogen-bond acceptors (Lipinski definition) is 4. The zero-order chi connectivity index (χ0) is 18.0. The lowest BCUT2D eigenvalue weighted by Crippen LogP contribution is -2.25. The second-order valence-electron chi connectivity index (χ2n) is 5.72. The number of rotatable bonds is 4. The average Bonchev–Trinajstić information content (AvgIpc) is 3.07. The summed E-state index contributed by atoms with van der Waals surface area (Å²) in [4.78, 5) is 12.0. The molecule has 3 rings (SSSR count). The molecule has 1 aliphatic rings. The number of nitrogens with zero attached hydrogens (tertiary/aromatic N) is 2. The average molecular weight is 342 g/mol. The lowest BCUT2D eigenvalue weighted by molar-refractivity contribution is -0.130. The lowest BCUT2D eigenvalue weighted by atomic mass is 9.98. The van der Waals surface area contributed by atoms with Crippen molar-refractivity contribution in [3.8, 4) is 11.5 Å². The largest absolute Gasteiger partial charge is 0.493 e. The molecule has 0 unspecified atom stereocenters. The molecule has 0 radical (unpaired) electrons. The van der Waals surface area contributed by atoms with Crippen LogP contribution in [-0.2, 0) is 4.79 Å². The lowest BCUT2D eigenvalue weighted by Gasteiger charge is -2.20. The van der Waals surface area contributed by atoms with Crippen LogP contribution in [0.3, 0.4) is 0 Å². The monoisotopic (exact) mass is 342 g/mol. The van der Waals surface area contributed by atoms with E-state index in [-0.39, 0.29) is 11.7 Å². The van der Waals surface area contributed by atoms with Gasteiger partial charge in [0, 0.05) is 24.5 Å². The second kappa shape index (κ2) is 6.93. The summed E-state index contributed by atoms with van der Waals surface area (Å²) in [5, 5.41) is 5.76. The van der Waals surface area contributed by atoms with Gasteiger partial charge in [0.05, 0.1) is 26.0 Å². The number of methoxy groups -OCH3 is 2. The molecule has 0 aromatic heterocycles. The Hall–Kier alpha value is -2.89. The van der Waals surface area contributed by atoms with Crippen LogP contribution in [0, 0.1) is 5.82 Å². The zero-order valence-corrected chi connectivity index (χ0v) is 14.3. The van der Waals surface area contributed by atoms with Crippen LogP contribution in [0.2, 0.25) is 0 Å². The van der Waals surface area contributed by atoms with Gasteiger partial charge in [0.1, 0.15) is 5.82 Å². The summed E-state index contributed by atoms with van der Waals surface area (Å²) >= 11 is 0. The van der Waals surface area contributed by atoms with Gasteiger partial charge in [0.15, 0.2) is 11.5 Å². The van der Waals surface area contributed by atoms with E-state index in [1.165, 1.54) is 18.0 Å². The van der Waals surface area contributed by atoms with Crippen molar-refractivity contribution in [3.63, 3.8) is 0 Å². The van der Waals surface area contributed by atoms with Crippen molar-refractivity contribution in [2.24, 2.45) is 5.10 Å². The van der Waals surface area contributed by atoms with Crippen molar-refractivity contribution in [1.29, 1.82) is 0 Å². The Morgan fingerprint density at radius 2 is 1.88 bits per heavy atom. The molecule has 130 valence electrons. The van der Waals surface area contributed by atoms with Gasteiger partial charge in [-0.25, -0.2) is 9.40 Å².